The van der Waals surface area contributed by atoms with E-state index in [0.717, 1.165) is 12.2 Å². The topological polar surface area (TPSA) is 58.4 Å². The lowest BCUT2D eigenvalue weighted by molar-refractivity contribution is 0.102. The normalized spacial score (nSPS) is 17.6. The first-order chi connectivity index (χ1) is 11.5. The van der Waals surface area contributed by atoms with Crippen LogP contribution in [0.1, 0.15) is 36.5 Å². The van der Waals surface area contributed by atoms with Gasteiger partial charge in [0.25, 0.3) is 5.91 Å². The summed E-state index contributed by atoms with van der Waals surface area (Å²) in [6, 6.07) is 13.1. The van der Waals surface area contributed by atoms with Gasteiger partial charge in [-0.05, 0) is 62.6 Å². The first-order valence-electron chi connectivity index (χ1n) is 8.27. The van der Waals surface area contributed by atoms with Gasteiger partial charge in [-0.25, -0.2) is 0 Å². The molecule has 2 aromatic carbocycles. The van der Waals surface area contributed by atoms with Crippen LogP contribution >= 0.6 is 11.6 Å². The van der Waals surface area contributed by atoms with Gasteiger partial charge in [-0.2, -0.15) is 0 Å². The Labute approximate surface area is 147 Å². The van der Waals surface area contributed by atoms with Crippen molar-refractivity contribution in [3.05, 3.63) is 53.1 Å². The van der Waals surface area contributed by atoms with Crippen LogP contribution in [0.3, 0.4) is 0 Å². The second kappa shape index (κ2) is 7.14. The molecule has 1 heterocycles. The van der Waals surface area contributed by atoms with Crippen LogP contribution in [0, 0.1) is 0 Å². The standard InChI is InChI=1S/C19H22ClN3O/c1-13-5-2-3-10-23(13)18-9-8-16(12-17(18)21)22-19(24)14-6-4-7-15(20)11-14/h4,6-9,11-13H,2-3,5,10,21H2,1H3,(H,22,24)/t13-/m0/s1. The van der Waals surface area contributed by atoms with E-state index in [2.05, 4.69) is 17.1 Å². The Morgan fingerprint density at radius 2 is 2.08 bits per heavy atom. The molecule has 1 atom stereocenters. The van der Waals surface area contributed by atoms with Crippen molar-refractivity contribution < 1.29 is 4.79 Å². The van der Waals surface area contributed by atoms with Gasteiger partial charge in [-0.3, -0.25) is 4.79 Å². The quantitative estimate of drug-likeness (QED) is 0.803. The van der Waals surface area contributed by atoms with Gasteiger partial charge in [0.05, 0.1) is 11.4 Å². The number of rotatable bonds is 3. The fraction of sp³-hybridized carbons (Fsp3) is 0.316. The highest BCUT2D eigenvalue weighted by atomic mass is 35.5. The van der Waals surface area contributed by atoms with Crippen molar-refractivity contribution in [2.45, 2.75) is 32.2 Å². The minimum atomic E-state index is -0.198. The number of carbonyl (C=O) groups excluding carboxylic acids is 1. The van der Waals surface area contributed by atoms with Crippen molar-refractivity contribution in [1.82, 2.24) is 0 Å². The van der Waals surface area contributed by atoms with E-state index in [1.165, 1.54) is 19.3 Å². The molecule has 24 heavy (non-hydrogen) atoms. The van der Waals surface area contributed by atoms with E-state index in [1.54, 1.807) is 24.3 Å². The largest absolute Gasteiger partial charge is 0.397 e. The lowest BCUT2D eigenvalue weighted by Gasteiger charge is -2.36. The van der Waals surface area contributed by atoms with Crippen LogP contribution in [-0.2, 0) is 0 Å². The fourth-order valence-corrected chi connectivity index (χ4v) is 3.37. The van der Waals surface area contributed by atoms with Crippen molar-refractivity contribution in [3.63, 3.8) is 0 Å². The Hall–Kier alpha value is -2.20. The van der Waals surface area contributed by atoms with E-state index in [1.807, 2.05) is 18.2 Å². The zero-order valence-electron chi connectivity index (χ0n) is 13.8. The summed E-state index contributed by atoms with van der Waals surface area (Å²) in [6.07, 6.45) is 3.65. The van der Waals surface area contributed by atoms with Gasteiger partial charge in [0.1, 0.15) is 0 Å². The second-order valence-corrected chi connectivity index (χ2v) is 6.71. The number of nitrogen functional groups attached to an aromatic ring is 1. The number of benzene rings is 2. The lowest BCUT2D eigenvalue weighted by atomic mass is 10.0. The summed E-state index contributed by atoms with van der Waals surface area (Å²) in [4.78, 5) is 14.6. The molecule has 1 fully saturated rings. The molecule has 126 valence electrons. The Bertz CT molecular complexity index is 747. The molecule has 0 spiro atoms. The minimum absolute atomic E-state index is 0.198. The number of nitrogens with two attached hydrogens (primary N) is 1. The Morgan fingerprint density at radius 3 is 2.79 bits per heavy atom. The summed E-state index contributed by atoms with van der Waals surface area (Å²) in [5.74, 6) is -0.198. The van der Waals surface area contributed by atoms with Gasteiger partial charge in [0.15, 0.2) is 0 Å². The van der Waals surface area contributed by atoms with Crippen molar-refractivity contribution in [2.75, 3.05) is 22.5 Å². The number of carbonyl (C=O) groups is 1. The number of nitrogens with one attached hydrogen (secondary N) is 1. The summed E-state index contributed by atoms with van der Waals surface area (Å²) >= 11 is 5.93. The Morgan fingerprint density at radius 1 is 1.25 bits per heavy atom. The molecule has 3 rings (SSSR count). The predicted molar refractivity (Wildman–Crippen MR) is 101 cm³/mol. The summed E-state index contributed by atoms with van der Waals surface area (Å²) in [5.41, 5.74) is 9.18. The first-order valence-corrected chi connectivity index (χ1v) is 8.65. The number of nitrogens with zero attached hydrogens (tertiary/aromatic N) is 1. The highest BCUT2D eigenvalue weighted by molar-refractivity contribution is 6.31. The molecular formula is C19H22ClN3O. The third kappa shape index (κ3) is 3.65. The molecule has 4 nitrogen and oxygen atoms in total. The van der Waals surface area contributed by atoms with E-state index < -0.39 is 0 Å². The smallest absolute Gasteiger partial charge is 0.255 e. The van der Waals surface area contributed by atoms with Crippen LogP contribution in [0.5, 0.6) is 0 Å². The van der Waals surface area contributed by atoms with E-state index in [4.69, 9.17) is 17.3 Å². The van der Waals surface area contributed by atoms with E-state index in [0.29, 0.717) is 28.0 Å². The van der Waals surface area contributed by atoms with Crippen molar-refractivity contribution >= 4 is 34.6 Å². The zero-order chi connectivity index (χ0) is 17.1. The second-order valence-electron chi connectivity index (χ2n) is 6.28. The molecule has 0 aliphatic carbocycles. The fourth-order valence-electron chi connectivity index (χ4n) is 3.18. The van der Waals surface area contributed by atoms with Crippen LogP contribution in [0.4, 0.5) is 17.1 Å². The van der Waals surface area contributed by atoms with E-state index >= 15 is 0 Å². The highest BCUT2D eigenvalue weighted by Gasteiger charge is 2.20. The first kappa shape index (κ1) is 16.7. The number of anilines is 3. The van der Waals surface area contributed by atoms with Crippen LogP contribution in [0.2, 0.25) is 5.02 Å². The van der Waals surface area contributed by atoms with E-state index in [-0.39, 0.29) is 5.91 Å². The third-order valence-electron chi connectivity index (χ3n) is 4.48. The monoisotopic (exact) mass is 343 g/mol. The molecule has 1 aliphatic heterocycles. The summed E-state index contributed by atoms with van der Waals surface area (Å²) < 4.78 is 0. The van der Waals surface area contributed by atoms with Crippen molar-refractivity contribution in [3.8, 4) is 0 Å². The molecule has 0 radical (unpaired) electrons. The molecule has 0 aromatic heterocycles. The molecule has 0 unspecified atom stereocenters. The molecule has 0 saturated carbocycles. The predicted octanol–water partition coefficient (Wildman–Crippen LogP) is 4.55. The maximum absolute atomic E-state index is 12.3. The van der Waals surface area contributed by atoms with Gasteiger partial charge >= 0.3 is 0 Å². The Balaban J connectivity index is 1.76. The van der Waals surface area contributed by atoms with Crippen LogP contribution in [0.25, 0.3) is 0 Å². The van der Waals surface area contributed by atoms with Crippen LogP contribution < -0.4 is 16.0 Å². The molecule has 2 aromatic rings. The number of amides is 1. The zero-order valence-corrected chi connectivity index (χ0v) is 14.5. The average molecular weight is 344 g/mol. The van der Waals surface area contributed by atoms with Gasteiger partial charge in [0.2, 0.25) is 0 Å². The lowest BCUT2D eigenvalue weighted by Crippen LogP contribution is -2.37. The van der Waals surface area contributed by atoms with Gasteiger partial charge in [-0.15, -0.1) is 0 Å². The molecule has 1 aliphatic rings. The molecular weight excluding hydrogens is 322 g/mol. The number of hydrogen-bond donors (Lipinski definition) is 2. The maximum Gasteiger partial charge on any atom is 0.255 e. The minimum Gasteiger partial charge on any atom is -0.397 e. The van der Waals surface area contributed by atoms with Crippen molar-refractivity contribution in [2.24, 2.45) is 0 Å². The third-order valence-corrected chi connectivity index (χ3v) is 4.72. The summed E-state index contributed by atoms with van der Waals surface area (Å²) in [6.45, 7) is 3.26. The SMILES string of the molecule is C[C@H]1CCCCN1c1ccc(NC(=O)c2cccc(Cl)c2)cc1N. The van der Waals surface area contributed by atoms with Gasteiger partial charge < -0.3 is 16.0 Å². The average Bonchev–Trinajstić information content (AvgIpc) is 2.56. The highest BCUT2D eigenvalue weighted by Crippen LogP contribution is 2.31. The molecule has 1 saturated heterocycles. The summed E-state index contributed by atoms with van der Waals surface area (Å²) in [5, 5.41) is 3.41. The molecule has 5 heteroatoms. The molecule has 3 N–H and O–H groups in total. The maximum atomic E-state index is 12.3. The molecule has 1 amide bonds. The molecule has 0 bridgehead atoms. The van der Waals surface area contributed by atoms with Gasteiger partial charge in [-0.1, -0.05) is 17.7 Å². The Kier molecular flexibility index (Phi) is 4.95. The number of piperidine rings is 1. The number of halogens is 1. The van der Waals surface area contributed by atoms with Crippen LogP contribution in [0.15, 0.2) is 42.5 Å². The van der Waals surface area contributed by atoms with Crippen molar-refractivity contribution in [1.29, 1.82) is 0 Å². The van der Waals surface area contributed by atoms with Gasteiger partial charge in [0, 0.05) is 28.9 Å². The number of hydrogen-bond acceptors (Lipinski definition) is 3. The summed E-state index contributed by atoms with van der Waals surface area (Å²) in [7, 11) is 0. The van der Waals surface area contributed by atoms with Crippen LogP contribution in [-0.4, -0.2) is 18.5 Å². The van der Waals surface area contributed by atoms with E-state index in [9.17, 15) is 4.79 Å².